The number of rotatable bonds is 9. The van der Waals surface area contributed by atoms with Crippen LogP contribution < -0.4 is 5.73 Å². The maximum absolute atomic E-state index is 9.23. The van der Waals surface area contributed by atoms with Crippen LogP contribution in [0.5, 0.6) is 0 Å². The van der Waals surface area contributed by atoms with E-state index in [0.717, 1.165) is 42.7 Å². The fourth-order valence-corrected chi connectivity index (χ4v) is 3.05. The van der Waals surface area contributed by atoms with Crippen LogP contribution >= 0.6 is 11.6 Å². The van der Waals surface area contributed by atoms with Crippen LogP contribution in [0.4, 0.5) is 0 Å². The zero-order valence-corrected chi connectivity index (χ0v) is 15.2. The number of nitrogens with two attached hydrogens (primary N) is 1. The number of aryl methyl sites for hydroxylation is 3. The van der Waals surface area contributed by atoms with Gasteiger partial charge in [0.1, 0.15) is 0 Å². The minimum absolute atomic E-state index is 0.00980. The Labute approximate surface area is 150 Å². The fraction of sp³-hybridized carbons (Fsp3) is 0.429. The van der Waals surface area contributed by atoms with Crippen LogP contribution in [0.25, 0.3) is 0 Å². The number of aliphatic hydroxyl groups is 1. The fourth-order valence-electron chi connectivity index (χ4n) is 2.75. The Balaban J connectivity index is 1.79. The van der Waals surface area contributed by atoms with Gasteiger partial charge in [-0.25, -0.2) is 0 Å². The molecule has 2 rings (SSSR count). The standard InChI is InChI=1S/C21H28ClNO/c1-21(23,16-24)14-13-19-12-11-18(15-20(19)22)10-6-5-9-17-7-3-2-4-8-17/h2-4,7-8,11-12,15,24H,5-6,9-10,13-14,16,23H2,1H3. The molecule has 130 valence electrons. The highest BCUT2D eigenvalue weighted by Gasteiger charge is 2.17. The summed E-state index contributed by atoms with van der Waals surface area (Å²) in [5.41, 5.74) is 9.23. The van der Waals surface area contributed by atoms with Crippen LogP contribution in [-0.2, 0) is 19.3 Å². The Hall–Kier alpha value is -1.35. The van der Waals surface area contributed by atoms with Gasteiger partial charge in [-0.15, -0.1) is 0 Å². The second-order valence-electron chi connectivity index (χ2n) is 6.93. The Morgan fingerprint density at radius 1 is 0.958 bits per heavy atom. The molecule has 0 radical (unpaired) electrons. The lowest BCUT2D eigenvalue weighted by molar-refractivity contribution is 0.200. The largest absolute Gasteiger partial charge is 0.394 e. The molecule has 0 aliphatic carbocycles. The number of unbranched alkanes of at least 4 members (excludes halogenated alkanes) is 1. The van der Waals surface area contributed by atoms with Crippen molar-refractivity contribution in [2.24, 2.45) is 5.73 Å². The summed E-state index contributed by atoms with van der Waals surface area (Å²) in [6, 6.07) is 17.0. The van der Waals surface area contributed by atoms with Gasteiger partial charge in [0.05, 0.1) is 6.61 Å². The van der Waals surface area contributed by atoms with Gasteiger partial charge < -0.3 is 10.8 Å². The lowest BCUT2D eigenvalue weighted by Gasteiger charge is -2.21. The molecule has 0 heterocycles. The van der Waals surface area contributed by atoms with E-state index in [0.29, 0.717) is 0 Å². The van der Waals surface area contributed by atoms with Gasteiger partial charge in [-0.2, -0.15) is 0 Å². The summed E-state index contributed by atoms with van der Waals surface area (Å²) in [6.45, 7) is 1.85. The Bertz CT molecular complexity index is 625. The quantitative estimate of drug-likeness (QED) is 0.655. The second kappa shape index (κ2) is 9.22. The number of benzene rings is 2. The number of halogens is 1. The molecule has 0 bridgehead atoms. The predicted molar refractivity (Wildman–Crippen MR) is 103 cm³/mol. The smallest absolute Gasteiger partial charge is 0.0608 e. The summed E-state index contributed by atoms with van der Waals surface area (Å²) in [4.78, 5) is 0. The second-order valence-corrected chi connectivity index (χ2v) is 7.34. The zero-order valence-electron chi connectivity index (χ0n) is 14.5. The summed E-state index contributed by atoms with van der Waals surface area (Å²) in [6.07, 6.45) is 6.04. The molecular weight excluding hydrogens is 318 g/mol. The topological polar surface area (TPSA) is 46.2 Å². The van der Waals surface area contributed by atoms with E-state index in [1.165, 1.54) is 17.5 Å². The zero-order chi connectivity index (χ0) is 17.4. The summed E-state index contributed by atoms with van der Waals surface area (Å²) in [7, 11) is 0. The monoisotopic (exact) mass is 345 g/mol. The van der Waals surface area contributed by atoms with Gasteiger partial charge in [0.2, 0.25) is 0 Å². The van der Waals surface area contributed by atoms with Crippen LogP contribution in [0.2, 0.25) is 5.02 Å². The van der Waals surface area contributed by atoms with E-state index >= 15 is 0 Å². The third kappa shape index (κ3) is 6.27. The Morgan fingerprint density at radius 3 is 2.25 bits per heavy atom. The molecule has 2 nitrogen and oxygen atoms in total. The molecule has 1 unspecified atom stereocenters. The van der Waals surface area contributed by atoms with Crippen LogP contribution in [-0.4, -0.2) is 17.3 Å². The molecule has 0 fully saturated rings. The van der Waals surface area contributed by atoms with E-state index < -0.39 is 5.54 Å². The van der Waals surface area contributed by atoms with Crippen molar-refractivity contribution >= 4 is 11.6 Å². The molecule has 0 saturated carbocycles. The number of aliphatic hydroxyl groups excluding tert-OH is 1. The summed E-state index contributed by atoms with van der Waals surface area (Å²) in [5.74, 6) is 0. The van der Waals surface area contributed by atoms with Crippen molar-refractivity contribution in [3.05, 3.63) is 70.2 Å². The van der Waals surface area contributed by atoms with Crippen molar-refractivity contribution in [1.82, 2.24) is 0 Å². The maximum Gasteiger partial charge on any atom is 0.0608 e. The highest BCUT2D eigenvalue weighted by atomic mass is 35.5. The molecule has 0 spiro atoms. The first-order valence-electron chi connectivity index (χ1n) is 8.71. The minimum Gasteiger partial charge on any atom is -0.394 e. The molecule has 3 N–H and O–H groups in total. The maximum atomic E-state index is 9.23. The molecular formula is C21H28ClNO. The Kier molecular flexibility index (Phi) is 7.29. The molecule has 0 aliphatic heterocycles. The van der Waals surface area contributed by atoms with Crippen LogP contribution in [0, 0.1) is 0 Å². The minimum atomic E-state index is -0.542. The van der Waals surface area contributed by atoms with Crippen LogP contribution in [0.1, 0.15) is 42.9 Å². The van der Waals surface area contributed by atoms with E-state index in [1.54, 1.807) is 0 Å². The molecule has 24 heavy (non-hydrogen) atoms. The van der Waals surface area contributed by atoms with E-state index in [1.807, 2.05) is 6.92 Å². The van der Waals surface area contributed by atoms with Gasteiger partial charge in [-0.1, -0.05) is 54.1 Å². The summed E-state index contributed by atoms with van der Waals surface area (Å²) < 4.78 is 0. The molecule has 2 aromatic carbocycles. The van der Waals surface area contributed by atoms with Gasteiger partial charge in [0.15, 0.2) is 0 Å². The molecule has 0 aromatic heterocycles. The highest BCUT2D eigenvalue weighted by molar-refractivity contribution is 6.31. The van der Waals surface area contributed by atoms with Gasteiger partial charge in [0.25, 0.3) is 0 Å². The van der Waals surface area contributed by atoms with Crippen molar-refractivity contribution in [3.8, 4) is 0 Å². The average Bonchev–Trinajstić information content (AvgIpc) is 2.59. The number of hydrogen-bond donors (Lipinski definition) is 2. The van der Waals surface area contributed by atoms with Crippen molar-refractivity contribution in [2.75, 3.05) is 6.61 Å². The molecule has 0 saturated heterocycles. The van der Waals surface area contributed by atoms with Crippen molar-refractivity contribution in [3.63, 3.8) is 0 Å². The predicted octanol–water partition coefficient (Wildman–Crippen LogP) is 4.55. The van der Waals surface area contributed by atoms with E-state index in [9.17, 15) is 5.11 Å². The SMILES string of the molecule is CC(N)(CO)CCc1ccc(CCCCc2ccccc2)cc1Cl. The molecule has 0 aliphatic rings. The van der Waals surface area contributed by atoms with E-state index in [2.05, 4.69) is 48.5 Å². The Morgan fingerprint density at radius 2 is 1.62 bits per heavy atom. The highest BCUT2D eigenvalue weighted by Crippen LogP contribution is 2.22. The third-order valence-electron chi connectivity index (χ3n) is 4.47. The average molecular weight is 346 g/mol. The summed E-state index contributed by atoms with van der Waals surface area (Å²) >= 11 is 6.41. The van der Waals surface area contributed by atoms with E-state index in [-0.39, 0.29) is 6.61 Å². The molecule has 1 atom stereocenters. The summed E-state index contributed by atoms with van der Waals surface area (Å²) in [5, 5.41) is 10.0. The van der Waals surface area contributed by atoms with Gasteiger partial charge in [-0.05, 0) is 68.2 Å². The van der Waals surface area contributed by atoms with Crippen molar-refractivity contribution in [2.45, 2.75) is 51.0 Å². The van der Waals surface area contributed by atoms with Crippen LogP contribution in [0.3, 0.4) is 0 Å². The van der Waals surface area contributed by atoms with Gasteiger partial charge >= 0.3 is 0 Å². The van der Waals surface area contributed by atoms with Gasteiger partial charge in [0, 0.05) is 10.6 Å². The first-order chi connectivity index (χ1) is 11.5. The molecule has 3 heteroatoms. The normalized spacial score (nSPS) is 13.7. The van der Waals surface area contributed by atoms with Crippen molar-refractivity contribution < 1.29 is 5.11 Å². The van der Waals surface area contributed by atoms with Crippen molar-refractivity contribution in [1.29, 1.82) is 0 Å². The number of hydrogen-bond acceptors (Lipinski definition) is 2. The first-order valence-corrected chi connectivity index (χ1v) is 9.09. The van der Waals surface area contributed by atoms with Gasteiger partial charge in [-0.3, -0.25) is 0 Å². The van der Waals surface area contributed by atoms with Crippen LogP contribution in [0.15, 0.2) is 48.5 Å². The molecule has 0 amide bonds. The lowest BCUT2D eigenvalue weighted by atomic mass is 9.94. The third-order valence-corrected chi connectivity index (χ3v) is 4.82. The molecule has 2 aromatic rings. The first kappa shape index (κ1) is 19.0. The van der Waals surface area contributed by atoms with E-state index in [4.69, 9.17) is 17.3 Å². The lowest BCUT2D eigenvalue weighted by Crippen LogP contribution is -2.40.